The molecule has 0 spiro atoms. The smallest absolute Gasteiger partial charge is 0.213 e. The van der Waals surface area contributed by atoms with Gasteiger partial charge < -0.3 is 4.57 Å². The van der Waals surface area contributed by atoms with Crippen molar-refractivity contribution in [2.75, 3.05) is 0 Å². The third-order valence-corrected chi connectivity index (χ3v) is 10.7. The van der Waals surface area contributed by atoms with Crippen LogP contribution in [0.2, 0.25) is 0 Å². The van der Waals surface area contributed by atoms with Gasteiger partial charge >= 0.3 is 0 Å². The van der Waals surface area contributed by atoms with Gasteiger partial charge in [-0.25, -0.2) is 0 Å². The van der Waals surface area contributed by atoms with E-state index in [1.54, 1.807) is 0 Å². The van der Waals surface area contributed by atoms with Crippen LogP contribution in [0.1, 0.15) is 30.5 Å². The number of hydrogen-bond acceptors (Lipinski definition) is 0. The van der Waals surface area contributed by atoms with Crippen molar-refractivity contribution in [2.45, 2.75) is 32.2 Å². The molecular formula is C44H33N2+. The fraction of sp³-hybridized carbons (Fsp3) is 0.114. The maximum atomic E-state index is 2.52. The molecule has 0 fully saturated rings. The van der Waals surface area contributed by atoms with Crippen LogP contribution in [0.5, 0.6) is 0 Å². The molecule has 0 bridgehead atoms. The molecule has 46 heavy (non-hydrogen) atoms. The lowest BCUT2D eigenvalue weighted by Gasteiger charge is -2.35. The van der Waals surface area contributed by atoms with E-state index in [0.29, 0.717) is 0 Å². The monoisotopic (exact) mass is 589 g/mol. The van der Waals surface area contributed by atoms with E-state index in [1.807, 2.05) is 0 Å². The lowest BCUT2D eigenvalue weighted by atomic mass is 9.74. The van der Waals surface area contributed by atoms with Crippen LogP contribution in [0.25, 0.3) is 71.9 Å². The molecule has 10 rings (SSSR count). The van der Waals surface area contributed by atoms with E-state index in [0.717, 1.165) is 13.0 Å². The molecule has 0 atom stereocenters. The van der Waals surface area contributed by atoms with E-state index >= 15 is 0 Å². The van der Waals surface area contributed by atoms with Gasteiger partial charge in [0.1, 0.15) is 0 Å². The number of hydrogen-bond donors (Lipinski definition) is 0. The van der Waals surface area contributed by atoms with Crippen LogP contribution < -0.4 is 4.57 Å². The summed E-state index contributed by atoms with van der Waals surface area (Å²) >= 11 is 0. The minimum Gasteiger partial charge on any atom is -0.309 e. The molecule has 0 saturated carbocycles. The van der Waals surface area contributed by atoms with Crippen LogP contribution in [0.3, 0.4) is 0 Å². The maximum Gasteiger partial charge on any atom is 0.213 e. The highest BCUT2D eigenvalue weighted by Crippen LogP contribution is 2.49. The number of aryl methyl sites for hydroxylation is 2. The van der Waals surface area contributed by atoms with Crippen molar-refractivity contribution in [3.8, 4) is 39.2 Å². The van der Waals surface area contributed by atoms with Gasteiger partial charge in [-0.3, -0.25) is 0 Å². The highest BCUT2D eigenvalue weighted by molar-refractivity contribution is 6.14. The predicted octanol–water partition coefficient (Wildman–Crippen LogP) is 10.4. The summed E-state index contributed by atoms with van der Waals surface area (Å²) in [4.78, 5) is 0. The summed E-state index contributed by atoms with van der Waals surface area (Å²) in [6.07, 6.45) is 1.05. The highest BCUT2D eigenvalue weighted by atomic mass is 15.0. The van der Waals surface area contributed by atoms with Gasteiger partial charge in [0.2, 0.25) is 11.2 Å². The largest absolute Gasteiger partial charge is 0.309 e. The van der Waals surface area contributed by atoms with Gasteiger partial charge in [-0.1, -0.05) is 92.7 Å². The molecule has 2 aliphatic heterocycles. The van der Waals surface area contributed by atoms with Crippen molar-refractivity contribution >= 4 is 32.7 Å². The second-order valence-electron chi connectivity index (χ2n) is 13.5. The van der Waals surface area contributed by atoms with Crippen molar-refractivity contribution < 1.29 is 4.57 Å². The van der Waals surface area contributed by atoms with Gasteiger partial charge in [0.15, 0.2) is 6.54 Å². The van der Waals surface area contributed by atoms with Crippen molar-refractivity contribution in [1.29, 1.82) is 0 Å². The van der Waals surface area contributed by atoms with Crippen LogP contribution in [0.15, 0.2) is 140 Å². The van der Waals surface area contributed by atoms with Crippen LogP contribution in [-0.4, -0.2) is 4.57 Å². The minimum absolute atomic E-state index is 0.146. The van der Waals surface area contributed by atoms with Gasteiger partial charge in [-0.2, -0.15) is 4.57 Å². The predicted molar refractivity (Wildman–Crippen MR) is 191 cm³/mol. The summed E-state index contributed by atoms with van der Waals surface area (Å²) in [6.45, 7) is 5.80. The topological polar surface area (TPSA) is 8.81 Å². The Bertz CT molecular complexity index is 2550. The molecular weight excluding hydrogens is 556 g/mol. The lowest BCUT2D eigenvalue weighted by Crippen LogP contribution is -2.41. The maximum absolute atomic E-state index is 2.52. The van der Waals surface area contributed by atoms with E-state index in [-0.39, 0.29) is 5.41 Å². The van der Waals surface area contributed by atoms with Gasteiger partial charge in [0.25, 0.3) is 0 Å². The third-order valence-electron chi connectivity index (χ3n) is 10.7. The second-order valence-corrected chi connectivity index (χ2v) is 13.5. The number of nitrogens with zero attached hydrogens (tertiary/aromatic N) is 2. The Morgan fingerprint density at radius 3 is 2.26 bits per heavy atom. The number of pyridine rings is 1. The minimum atomic E-state index is -0.146. The van der Waals surface area contributed by atoms with E-state index < -0.39 is 0 Å². The number of fused-ring (bicyclic) bond motifs is 10. The molecule has 4 heterocycles. The first-order valence-electron chi connectivity index (χ1n) is 16.4. The summed E-state index contributed by atoms with van der Waals surface area (Å²) in [6, 6.07) is 52.2. The molecule has 0 saturated heterocycles. The summed E-state index contributed by atoms with van der Waals surface area (Å²) in [5.74, 6) is 0. The zero-order valence-electron chi connectivity index (χ0n) is 26.1. The summed E-state index contributed by atoms with van der Waals surface area (Å²) in [7, 11) is 0. The Morgan fingerprint density at radius 1 is 0.587 bits per heavy atom. The number of para-hydroxylation sites is 2. The summed E-state index contributed by atoms with van der Waals surface area (Å²) < 4.78 is 5.02. The molecule has 0 unspecified atom stereocenters. The van der Waals surface area contributed by atoms with E-state index in [2.05, 4.69) is 163 Å². The number of rotatable bonds is 2. The summed E-state index contributed by atoms with van der Waals surface area (Å²) in [5.41, 5.74) is 16.9. The van der Waals surface area contributed by atoms with Crippen LogP contribution >= 0.6 is 0 Å². The van der Waals surface area contributed by atoms with Crippen molar-refractivity contribution in [2.24, 2.45) is 0 Å². The Labute approximate surface area is 268 Å². The molecule has 2 nitrogen and oxygen atoms in total. The van der Waals surface area contributed by atoms with Crippen molar-refractivity contribution in [3.05, 3.63) is 156 Å². The first-order valence-corrected chi connectivity index (χ1v) is 16.4. The fourth-order valence-corrected chi connectivity index (χ4v) is 8.38. The fourth-order valence-electron chi connectivity index (χ4n) is 8.38. The van der Waals surface area contributed by atoms with E-state index in [1.165, 1.54) is 88.6 Å². The Hall–Kier alpha value is -5.47. The average molecular weight is 590 g/mol. The molecule has 2 heteroatoms. The average Bonchev–Trinajstić information content (AvgIpc) is 3.44. The Morgan fingerprint density at radius 2 is 1.35 bits per heavy atom. The summed E-state index contributed by atoms with van der Waals surface area (Å²) in [5, 5.41) is 3.92. The molecule has 218 valence electrons. The lowest BCUT2D eigenvalue weighted by molar-refractivity contribution is -0.661. The number of benzene rings is 6. The Kier molecular flexibility index (Phi) is 5.21. The molecule has 6 aromatic carbocycles. The molecule has 0 radical (unpaired) electrons. The second kappa shape index (κ2) is 9.28. The quantitative estimate of drug-likeness (QED) is 0.177. The standard InChI is InChI=1S/C44H33N2/c1-44(2)37-13-7-9-15-42(37)46-41-21-19-31(28-10-4-3-5-11-28)25-35(41)36-26-33(27-38(44)43(36)46)32-17-16-29-22-23-45-39-14-8-6-12-30(39)18-20-40(45)34(29)24-32/h3-21,24-27H,22-23H2,1-2H3/q+1. The zero-order chi connectivity index (χ0) is 30.6. The van der Waals surface area contributed by atoms with Crippen molar-refractivity contribution in [3.63, 3.8) is 0 Å². The molecule has 2 aliphatic rings. The van der Waals surface area contributed by atoms with E-state index in [9.17, 15) is 0 Å². The van der Waals surface area contributed by atoms with Gasteiger partial charge in [0, 0.05) is 40.1 Å². The van der Waals surface area contributed by atoms with Gasteiger partial charge in [-0.15, -0.1) is 0 Å². The highest BCUT2D eigenvalue weighted by Gasteiger charge is 2.36. The molecule has 8 aromatic rings. The first-order chi connectivity index (χ1) is 22.6. The first kappa shape index (κ1) is 25.8. The molecule has 2 aromatic heterocycles. The van der Waals surface area contributed by atoms with Crippen molar-refractivity contribution in [1.82, 2.24) is 4.57 Å². The van der Waals surface area contributed by atoms with Gasteiger partial charge in [-0.05, 0) is 87.5 Å². The van der Waals surface area contributed by atoms with E-state index in [4.69, 9.17) is 0 Å². The third kappa shape index (κ3) is 3.50. The number of aromatic nitrogens is 2. The molecule has 0 amide bonds. The zero-order valence-corrected chi connectivity index (χ0v) is 26.1. The van der Waals surface area contributed by atoms with Crippen LogP contribution in [-0.2, 0) is 18.4 Å². The molecule has 0 aliphatic carbocycles. The normalized spacial score (nSPS) is 14.3. The molecule has 0 N–H and O–H groups in total. The van der Waals surface area contributed by atoms with Crippen LogP contribution in [0, 0.1) is 0 Å². The SMILES string of the molecule is CC1(C)c2ccccc2-n2c3ccc(-c4ccccc4)cc3c3cc(-c4ccc5c(c4)-c4ccc6ccccc6[n+]4CC5)cc1c32. The van der Waals surface area contributed by atoms with Gasteiger partial charge in [0.05, 0.1) is 22.3 Å². The Balaban J connectivity index is 1.25. The van der Waals surface area contributed by atoms with Crippen LogP contribution in [0.4, 0.5) is 0 Å².